The van der Waals surface area contributed by atoms with Crippen LogP contribution in [-0.4, -0.2) is 34.4 Å². The van der Waals surface area contributed by atoms with Gasteiger partial charge in [-0.3, -0.25) is 25.0 Å². The molecule has 1 aromatic carbocycles. The van der Waals surface area contributed by atoms with Crippen LogP contribution < -0.4 is 10.6 Å². The number of hydrogen-bond acceptors (Lipinski definition) is 8. The Morgan fingerprint density at radius 1 is 1.17 bits per heavy atom. The highest BCUT2D eigenvalue weighted by Gasteiger charge is 2.34. The summed E-state index contributed by atoms with van der Waals surface area (Å²) in [4.78, 5) is 46.0. The molecule has 0 saturated carbocycles. The molecule has 0 bridgehead atoms. The normalized spacial score (nSPS) is 14.8. The molecule has 2 heterocycles. The molecular weight excluding hydrogens is 408 g/mol. The minimum atomic E-state index is -0.529. The quantitative estimate of drug-likeness (QED) is 0.580. The molecule has 0 fully saturated rings. The molecule has 2 amide bonds. The summed E-state index contributed by atoms with van der Waals surface area (Å²) in [7, 11) is 0. The van der Waals surface area contributed by atoms with E-state index in [1.807, 2.05) is 0 Å². The van der Waals surface area contributed by atoms with Crippen LogP contribution in [0.5, 0.6) is 0 Å². The van der Waals surface area contributed by atoms with Crippen LogP contribution in [0.25, 0.3) is 0 Å². The number of benzene rings is 1. The molecular formula is C20H18N4O5S. The van der Waals surface area contributed by atoms with Gasteiger partial charge in [0.15, 0.2) is 10.8 Å². The van der Waals surface area contributed by atoms with E-state index in [4.69, 9.17) is 9.15 Å². The second-order valence-electron chi connectivity index (χ2n) is 6.48. The molecule has 10 heteroatoms. The molecule has 3 aromatic rings. The summed E-state index contributed by atoms with van der Waals surface area (Å²) in [5.41, 5.74) is 1.09. The monoisotopic (exact) mass is 426 g/mol. The lowest BCUT2D eigenvalue weighted by Gasteiger charge is -2.07. The molecule has 30 heavy (non-hydrogen) atoms. The number of rotatable bonds is 6. The van der Waals surface area contributed by atoms with Crippen molar-refractivity contribution in [3.05, 3.63) is 58.4 Å². The van der Waals surface area contributed by atoms with E-state index in [0.29, 0.717) is 35.8 Å². The lowest BCUT2D eigenvalue weighted by Crippen LogP contribution is -2.15. The van der Waals surface area contributed by atoms with Gasteiger partial charge in [-0.15, -0.1) is 11.3 Å². The second-order valence-corrected chi connectivity index (χ2v) is 7.57. The first-order valence-corrected chi connectivity index (χ1v) is 10.2. The van der Waals surface area contributed by atoms with Crippen LogP contribution in [0.4, 0.5) is 11.1 Å². The Labute approximate surface area is 175 Å². The number of esters is 1. The Morgan fingerprint density at radius 2 is 1.97 bits per heavy atom. The highest BCUT2D eigenvalue weighted by molar-refractivity contribution is 7.16. The maximum Gasteiger partial charge on any atom is 0.315 e. The fraction of sp³-hybridized carbons (Fsp3) is 0.250. The van der Waals surface area contributed by atoms with Gasteiger partial charge in [0.25, 0.3) is 11.8 Å². The largest absolute Gasteiger partial charge is 0.465 e. The first-order chi connectivity index (χ1) is 14.5. The number of hydrogen-bond donors (Lipinski definition) is 2. The number of carbonyl (C=O) groups is 3. The smallest absolute Gasteiger partial charge is 0.315 e. The van der Waals surface area contributed by atoms with Crippen molar-refractivity contribution < 1.29 is 23.5 Å². The molecule has 2 N–H and O–H groups in total. The van der Waals surface area contributed by atoms with E-state index in [9.17, 15) is 14.4 Å². The van der Waals surface area contributed by atoms with Gasteiger partial charge in [0.1, 0.15) is 12.2 Å². The molecule has 154 valence electrons. The minimum Gasteiger partial charge on any atom is -0.465 e. The van der Waals surface area contributed by atoms with Crippen molar-refractivity contribution in [2.45, 2.75) is 25.7 Å². The summed E-state index contributed by atoms with van der Waals surface area (Å²) < 4.78 is 10.3. The summed E-state index contributed by atoms with van der Waals surface area (Å²) in [5.74, 6) is -1.62. The lowest BCUT2D eigenvalue weighted by molar-refractivity contribution is -0.145. The highest BCUT2D eigenvalue weighted by atomic mass is 32.1. The lowest BCUT2D eigenvalue weighted by atomic mass is 10.1. The van der Waals surface area contributed by atoms with Crippen LogP contribution in [0.2, 0.25) is 0 Å². The predicted molar refractivity (Wildman–Crippen MR) is 109 cm³/mol. The number of aryl methyl sites for hydroxylation is 1. The summed E-state index contributed by atoms with van der Waals surface area (Å²) in [6.07, 6.45) is 2.53. The molecule has 0 aliphatic heterocycles. The van der Waals surface area contributed by atoms with E-state index < -0.39 is 17.7 Å². The Kier molecular flexibility index (Phi) is 5.57. The van der Waals surface area contributed by atoms with Gasteiger partial charge in [0.2, 0.25) is 0 Å². The molecule has 1 aliphatic rings. The van der Waals surface area contributed by atoms with Crippen LogP contribution >= 0.6 is 11.3 Å². The fourth-order valence-corrected chi connectivity index (χ4v) is 4.14. The highest BCUT2D eigenvalue weighted by Crippen LogP contribution is 2.39. The summed E-state index contributed by atoms with van der Waals surface area (Å²) in [6, 6.07) is 8.49. The third kappa shape index (κ3) is 4.08. The molecule has 1 atom stereocenters. The van der Waals surface area contributed by atoms with E-state index in [0.717, 1.165) is 11.1 Å². The molecule has 1 aliphatic carbocycles. The summed E-state index contributed by atoms with van der Waals surface area (Å²) in [5, 5.41) is 5.53. The Bertz CT molecular complexity index is 1090. The molecule has 4 rings (SSSR count). The number of nitrogens with one attached hydrogen (secondary N) is 2. The van der Waals surface area contributed by atoms with Gasteiger partial charge in [-0.2, -0.15) is 4.98 Å². The maximum absolute atomic E-state index is 12.5. The first kappa shape index (κ1) is 19.8. The van der Waals surface area contributed by atoms with Gasteiger partial charge >= 0.3 is 12.0 Å². The zero-order chi connectivity index (χ0) is 21.1. The first-order valence-electron chi connectivity index (χ1n) is 9.34. The number of fused-ring (bicyclic) bond motifs is 1. The fourth-order valence-electron chi connectivity index (χ4n) is 3.11. The van der Waals surface area contributed by atoms with Crippen LogP contribution in [-0.2, 0) is 16.0 Å². The second kappa shape index (κ2) is 8.46. The topological polar surface area (TPSA) is 123 Å². The van der Waals surface area contributed by atoms with Gasteiger partial charge in [-0.25, -0.2) is 4.98 Å². The van der Waals surface area contributed by atoms with Crippen LogP contribution in [0, 0.1) is 0 Å². The number of anilines is 2. The molecule has 2 aromatic heterocycles. The zero-order valence-corrected chi connectivity index (χ0v) is 16.8. The Balaban J connectivity index is 1.40. The van der Waals surface area contributed by atoms with Crippen molar-refractivity contribution in [1.82, 2.24) is 9.97 Å². The van der Waals surface area contributed by atoms with E-state index in [-0.39, 0.29) is 17.7 Å². The molecule has 0 saturated heterocycles. The number of ether oxygens (including phenoxy) is 1. The van der Waals surface area contributed by atoms with Gasteiger partial charge < -0.3 is 9.15 Å². The van der Waals surface area contributed by atoms with Crippen LogP contribution in [0.3, 0.4) is 0 Å². The number of carbonyl (C=O) groups excluding carboxylic acids is 3. The van der Waals surface area contributed by atoms with Crippen molar-refractivity contribution in [3.8, 4) is 0 Å². The van der Waals surface area contributed by atoms with Crippen molar-refractivity contribution >= 4 is 40.3 Å². The number of oxazole rings is 1. The molecule has 0 radical (unpaired) electrons. The molecule has 9 nitrogen and oxygen atoms in total. The summed E-state index contributed by atoms with van der Waals surface area (Å²) >= 11 is 1.32. The molecule has 0 spiro atoms. The number of amides is 2. The van der Waals surface area contributed by atoms with E-state index >= 15 is 0 Å². The van der Waals surface area contributed by atoms with Gasteiger partial charge in [0.05, 0.1) is 12.3 Å². The third-order valence-corrected chi connectivity index (χ3v) is 5.55. The maximum atomic E-state index is 12.5. The number of nitrogens with zero attached hydrogens (tertiary/aromatic N) is 2. The standard InChI is InChI=1S/C20H18N4O5S/c1-2-28-18(27)12-8-9-14-15(12)22-20(30-14)24-17(26)13-10-29-19(21-13)23-16(25)11-6-4-3-5-7-11/h3-7,10,12H,2,8-9H2,1H3,(H,21,23,25)(H,22,24,26). The average Bonchev–Trinajstić information content (AvgIpc) is 3.44. The summed E-state index contributed by atoms with van der Waals surface area (Å²) in [6.45, 7) is 2.07. The van der Waals surface area contributed by atoms with Crippen molar-refractivity contribution in [1.29, 1.82) is 0 Å². The zero-order valence-electron chi connectivity index (χ0n) is 16.0. The van der Waals surface area contributed by atoms with Gasteiger partial charge in [-0.1, -0.05) is 18.2 Å². The van der Waals surface area contributed by atoms with E-state index in [1.165, 1.54) is 11.3 Å². The number of thiazole rings is 1. The molecule has 1 unspecified atom stereocenters. The van der Waals surface area contributed by atoms with E-state index in [1.54, 1.807) is 37.3 Å². The predicted octanol–water partition coefficient (Wildman–Crippen LogP) is 3.23. The van der Waals surface area contributed by atoms with Crippen molar-refractivity contribution in [2.24, 2.45) is 0 Å². The Hall–Kier alpha value is -3.53. The van der Waals surface area contributed by atoms with E-state index in [2.05, 4.69) is 20.6 Å². The SMILES string of the molecule is CCOC(=O)C1CCc2sc(NC(=O)c3coc(NC(=O)c4ccccc4)n3)nc21. The van der Waals surface area contributed by atoms with Crippen molar-refractivity contribution in [2.75, 3.05) is 17.2 Å². The Morgan fingerprint density at radius 3 is 2.73 bits per heavy atom. The third-order valence-electron chi connectivity index (χ3n) is 4.50. The number of aromatic nitrogens is 2. The van der Waals surface area contributed by atoms with Crippen LogP contribution in [0.1, 0.15) is 50.7 Å². The van der Waals surface area contributed by atoms with Crippen molar-refractivity contribution in [3.63, 3.8) is 0 Å². The average molecular weight is 426 g/mol. The van der Waals surface area contributed by atoms with Gasteiger partial charge in [0, 0.05) is 10.4 Å². The van der Waals surface area contributed by atoms with Crippen LogP contribution in [0.15, 0.2) is 41.0 Å². The minimum absolute atomic E-state index is 0.00401. The van der Waals surface area contributed by atoms with Gasteiger partial charge in [-0.05, 0) is 31.9 Å².